The third kappa shape index (κ3) is 1.85. The van der Waals surface area contributed by atoms with Gasteiger partial charge in [0.25, 0.3) is 5.56 Å². The quantitative estimate of drug-likeness (QED) is 0.865. The topological polar surface area (TPSA) is 98.2 Å². The Morgan fingerprint density at radius 3 is 2.89 bits per heavy atom. The van der Waals surface area contributed by atoms with E-state index < -0.39 is 18.2 Å². The molecule has 7 nitrogen and oxygen atoms in total. The predicted molar refractivity (Wildman–Crippen MR) is 58.4 cm³/mol. The van der Waals surface area contributed by atoms with Gasteiger partial charge in [-0.15, -0.1) is 0 Å². The van der Waals surface area contributed by atoms with Gasteiger partial charge in [0.1, 0.15) is 5.76 Å². The first kappa shape index (κ1) is 12.2. The molecule has 2 aromatic rings. The molecule has 0 aliphatic rings. The van der Waals surface area contributed by atoms with Crippen molar-refractivity contribution in [2.75, 3.05) is 6.67 Å². The second kappa shape index (κ2) is 4.55. The fraction of sp³-hybridized carbons (Fsp3) is 0.400. The molecule has 0 unspecified atom stereocenters. The summed E-state index contributed by atoms with van der Waals surface area (Å²) < 4.78 is 17.8. The molecule has 0 saturated carbocycles. The molecule has 0 atom stereocenters. The van der Waals surface area contributed by atoms with Crippen molar-refractivity contribution in [3.05, 3.63) is 21.8 Å². The number of hydrogen-bond donors (Lipinski definition) is 1. The number of fused-ring (bicyclic) bond motifs is 1. The minimum absolute atomic E-state index is 0.00252. The molecule has 0 fully saturated rings. The number of halogens is 1. The summed E-state index contributed by atoms with van der Waals surface area (Å²) in [6.07, 6.45) is 0.0777. The molecule has 0 spiro atoms. The van der Waals surface area contributed by atoms with E-state index in [9.17, 15) is 14.0 Å². The number of rotatable bonds is 4. The summed E-state index contributed by atoms with van der Waals surface area (Å²) in [5.74, 6) is -1.08. The third-order valence-corrected chi connectivity index (χ3v) is 2.46. The largest absolute Gasteiger partial charge is 0.476 e. The maximum atomic E-state index is 12.1. The van der Waals surface area contributed by atoms with Gasteiger partial charge in [0, 0.05) is 6.54 Å². The van der Waals surface area contributed by atoms with Crippen LogP contribution in [0.4, 0.5) is 4.39 Å². The monoisotopic (exact) mass is 255 g/mol. The summed E-state index contributed by atoms with van der Waals surface area (Å²) in [5.41, 5.74) is -0.999. The lowest BCUT2D eigenvalue weighted by molar-refractivity contribution is 0.0689. The maximum absolute atomic E-state index is 12.1. The number of aromatic nitrogens is 3. The van der Waals surface area contributed by atoms with Crippen molar-refractivity contribution in [1.82, 2.24) is 14.9 Å². The van der Waals surface area contributed by atoms with Gasteiger partial charge < -0.3 is 9.63 Å². The van der Waals surface area contributed by atoms with Crippen molar-refractivity contribution in [1.29, 1.82) is 0 Å². The van der Waals surface area contributed by atoms with Crippen LogP contribution in [-0.2, 0) is 6.54 Å². The van der Waals surface area contributed by atoms with E-state index in [1.165, 1.54) is 6.92 Å². The van der Waals surface area contributed by atoms with Crippen molar-refractivity contribution in [3.8, 4) is 0 Å². The van der Waals surface area contributed by atoms with Gasteiger partial charge in [-0.2, -0.15) is 5.10 Å². The fourth-order valence-electron chi connectivity index (χ4n) is 1.65. The standard InChI is InChI=1S/C10H10FN3O4/c1-5-6-7(13-18-5)9(15)14(4-2-3-11)12-8(6)10(16)17/h2-4H2,1H3,(H,16,17). The number of hydrogen-bond acceptors (Lipinski definition) is 5. The van der Waals surface area contributed by atoms with Gasteiger partial charge in [-0.3, -0.25) is 9.18 Å². The zero-order valence-corrected chi connectivity index (χ0v) is 9.51. The minimum atomic E-state index is -1.29. The van der Waals surface area contributed by atoms with Crippen LogP contribution in [0.5, 0.6) is 0 Å². The van der Waals surface area contributed by atoms with Crippen LogP contribution in [0, 0.1) is 6.92 Å². The Morgan fingerprint density at radius 2 is 2.28 bits per heavy atom. The molecular formula is C10H10FN3O4. The molecule has 0 aliphatic heterocycles. The predicted octanol–water partition coefficient (Wildman–Crippen LogP) is 0.751. The summed E-state index contributed by atoms with van der Waals surface area (Å²) in [5, 5.41) is 16.4. The average Bonchev–Trinajstić information content (AvgIpc) is 2.71. The molecule has 8 heteroatoms. The third-order valence-electron chi connectivity index (χ3n) is 2.46. The molecule has 0 aromatic carbocycles. The zero-order valence-electron chi connectivity index (χ0n) is 9.51. The van der Waals surface area contributed by atoms with Crippen LogP contribution in [0.3, 0.4) is 0 Å². The number of carbonyl (C=O) groups is 1. The molecule has 0 bridgehead atoms. The maximum Gasteiger partial charge on any atom is 0.357 e. The summed E-state index contributed by atoms with van der Waals surface area (Å²) >= 11 is 0. The highest BCUT2D eigenvalue weighted by Gasteiger charge is 2.21. The van der Waals surface area contributed by atoms with Gasteiger partial charge in [0.15, 0.2) is 11.2 Å². The van der Waals surface area contributed by atoms with Gasteiger partial charge in [-0.05, 0) is 13.3 Å². The summed E-state index contributed by atoms with van der Waals surface area (Å²) in [4.78, 5) is 23.0. The van der Waals surface area contributed by atoms with E-state index in [0.717, 1.165) is 4.68 Å². The summed E-state index contributed by atoms with van der Waals surface area (Å²) in [6, 6.07) is 0. The van der Waals surface area contributed by atoms with Crippen LogP contribution in [0.15, 0.2) is 9.32 Å². The zero-order chi connectivity index (χ0) is 13.3. The van der Waals surface area contributed by atoms with Crippen molar-refractivity contribution in [2.24, 2.45) is 0 Å². The molecule has 96 valence electrons. The molecule has 2 aromatic heterocycles. The molecule has 2 rings (SSSR count). The lowest BCUT2D eigenvalue weighted by Gasteiger charge is -2.04. The highest BCUT2D eigenvalue weighted by atomic mass is 19.1. The first-order chi connectivity index (χ1) is 8.56. The smallest absolute Gasteiger partial charge is 0.357 e. The average molecular weight is 255 g/mol. The van der Waals surface area contributed by atoms with Crippen LogP contribution in [0.25, 0.3) is 10.9 Å². The molecule has 2 heterocycles. The Hall–Kier alpha value is -2.25. The number of carboxylic acid groups (broad SMARTS) is 1. The highest BCUT2D eigenvalue weighted by molar-refractivity contribution is 6.00. The molecule has 18 heavy (non-hydrogen) atoms. The fourth-order valence-corrected chi connectivity index (χ4v) is 1.65. The van der Waals surface area contributed by atoms with Crippen molar-refractivity contribution < 1.29 is 18.8 Å². The van der Waals surface area contributed by atoms with Crippen molar-refractivity contribution in [2.45, 2.75) is 19.9 Å². The van der Waals surface area contributed by atoms with E-state index in [1.807, 2.05) is 0 Å². The Morgan fingerprint density at radius 1 is 1.56 bits per heavy atom. The Labute approximate surface area is 99.8 Å². The minimum Gasteiger partial charge on any atom is -0.476 e. The Bertz CT molecular complexity index is 661. The van der Waals surface area contributed by atoms with Gasteiger partial charge >= 0.3 is 5.97 Å². The lowest BCUT2D eigenvalue weighted by Crippen LogP contribution is -2.26. The molecular weight excluding hydrogens is 245 g/mol. The number of aryl methyl sites for hydroxylation is 2. The van der Waals surface area contributed by atoms with Crippen LogP contribution in [0.1, 0.15) is 22.7 Å². The van der Waals surface area contributed by atoms with E-state index in [1.54, 1.807) is 0 Å². The van der Waals surface area contributed by atoms with E-state index in [0.29, 0.717) is 0 Å². The second-order valence-electron chi connectivity index (χ2n) is 3.69. The number of carboxylic acids is 1. The van der Waals surface area contributed by atoms with Crippen LogP contribution < -0.4 is 5.56 Å². The van der Waals surface area contributed by atoms with E-state index >= 15 is 0 Å². The molecule has 1 N–H and O–H groups in total. The van der Waals surface area contributed by atoms with Gasteiger partial charge in [0.05, 0.1) is 12.1 Å². The van der Waals surface area contributed by atoms with E-state index in [4.69, 9.17) is 9.63 Å². The van der Waals surface area contributed by atoms with Crippen molar-refractivity contribution >= 4 is 16.9 Å². The number of alkyl halides is 1. The molecule has 0 aliphatic carbocycles. The van der Waals surface area contributed by atoms with Crippen LogP contribution >= 0.6 is 0 Å². The first-order valence-electron chi connectivity index (χ1n) is 5.22. The Balaban J connectivity index is 2.72. The summed E-state index contributed by atoms with van der Waals surface area (Å²) in [6.45, 7) is 0.874. The van der Waals surface area contributed by atoms with Gasteiger partial charge in [-0.25, -0.2) is 9.48 Å². The van der Waals surface area contributed by atoms with Crippen LogP contribution in [0.2, 0.25) is 0 Å². The van der Waals surface area contributed by atoms with Crippen molar-refractivity contribution in [3.63, 3.8) is 0 Å². The molecule has 0 saturated heterocycles. The second-order valence-corrected chi connectivity index (χ2v) is 3.69. The van der Waals surface area contributed by atoms with E-state index in [-0.39, 0.29) is 35.3 Å². The molecule has 0 amide bonds. The SMILES string of the molecule is Cc1onc2c(=O)n(CCCF)nc(C(=O)O)c12. The van der Waals surface area contributed by atoms with E-state index in [2.05, 4.69) is 10.3 Å². The van der Waals surface area contributed by atoms with Crippen LogP contribution in [-0.4, -0.2) is 32.7 Å². The van der Waals surface area contributed by atoms with Gasteiger partial charge in [-0.1, -0.05) is 5.16 Å². The first-order valence-corrected chi connectivity index (χ1v) is 5.22. The normalized spacial score (nSPS) is 11.0. The van der Waals surface area contributed by atoms with Gasteiger partial charge in [0.2, 0.25) is 0 Å². The Kier molecular flexibility index (Phi) is 3.09. The lowest BCUT2D eigenvalue weighted by atomic mass is 10.2. The molecule has 0 radical (unpaired) electrons. The number of aromatic carboxylic acids is 1. The summed E-state index contributed by atoms with van der Waals surface area (Å²) in [7, 11) is 0. The number of nitrogens with zero attached hydrogens (tertiary/aromatic N) is 3. The highest BCUT2D eigenvalue weighted by Crippen LogP contribution is 2.17.